The second-order valence-corrected chi connectivity index (χ2v) is 10.3. The van der Waals surface area contributed by atoms with Crippen molar-refractivity contribution in [3.63, 3.8) is 0 Å². The van der Waals surface area contributed by atoms with Crippen molar-refractivity contribution in [2.24, 2.45) is 0 Å². The minimum Gasteiger partial charge on any atom is -0.507 e. The van der Waals surface area contributed by atoms with Crippen LogP contribution in [0.3, 0.4) is 0 Å². The van der Waals surface area contributed by atoms with Crippen LogP contribution >= 0.6 is 11.3 Å². The van der Waals surface area contributed by atoms with Crippen molar-refractivity contribution in [2.75, 3.05) is 18.4 Å². The third-order valence-corrected chi connectivity index (χ3v) is 8.37. The molecule has 0 aliphatic rings. The topological polar surface area (TPSA) is 99.6 Å². The fourth-order valence-electron chi connectivity index (χ4n) is 3.47. The number of aromatic hydroxyl groups is 1. The van der Waals surface area contributed by atoms with E-state index in [4.69, 9.17) is 0 Å². The van der Waals surface area contributed by atoms with E-state index in [2.05, 4.69) is 10.3 Å². The van der Waals surface area contributed by atoms with Gasteiger partial charge in [0.25, 0.3) is 5.91 Å². The molecule has 7 nitrogen and oxygen atoms in total. The summed E-state index contributed by atoms with van der Waals surface area (Å²) >= 11 is 1.45. The molecule has 4 rings (SSSR count). The van der Waals surface area contributed by atoms with E-state index in [1.54, 1.807) is 26.0 Å². The summed E-state index contributed by atoms with van der Waals surface area (Å²) in [5.41, 5.74) is 2.18. The number of amides is 1. The van der Waals surface area contributed by atoms with Crippen LogP contribution in [-0.2, 0) is 10.0 Å². The van der Waals surface area contributed by atoms with E-state index in [-0.39, 0.29) is 16.6 Å². The van der Waals surface area contributed by atoms with Gasteiger partial charge in [-0.25, -0.2) is 13.4 Å². The summed E-state index contributed by atoms with van der Waals surface area (Å²) in [6.07, 6.45) is 0. The second kappa shape index (κ2) is 9.30. The smallest absolute Gasteiger partial charge is 0.255 e. The molecular weight excluding hydrogens is 458 g/mol. The van der Waals surface area contributed by atoms with Crippen LogP contribution in [0.4, 0.5) is 5.69 Å². The van der Waals surface area contributed by atoms with Crippen molar-refractivity contribution >= 4 is 43.2 Å². The molecule has 0 spiro atoms. The lowest BCUT2D eigenvalue weighted by atomic mass is 10.1. The molecule has 0 atom stereocenters. The first-order valence-corrected chi connectivity index (χ1v) is 12.7. The zero-order valence-corrected chi connectivity index (χ0v) is 19.8. The number of benzene rings is 3. The molecule has 0 aliphatic heterocycles. The molecule has 0 radical (unpaired) electrons. The largest absolute Gasteiger partial charge is 0.507 e. The first kappa shape index (κ1) is 22.9. The van der Waals surface area contributed by atoms with E-state index in [0.29, 0.717) is 34.9 Å². The Bertz CT molecular complexity index is 1380. The highest BCUT2D eigenvalue weighted by molar-refractivity contribution is 7.89. The average Bonchev–Trinajstić information content (AvgIpc) is 3.25. The van der Waals surface area contributed by atoms with Gasteiger partial charge in [0.1, 0.15) is 10.8 Å². The number of carbonyl (C=O) groups excluding carboxylic acids is 1. The quantitative estimate of drug-likeness (QED) is 0.364. The number of hydrogen-bond donors (Lipinski definition) is 2. The van der Waals surface area contributed by atoms with Gasteiger partial charge in [0.2, 0.25) is 10.0 Å². The van der Waals surface area contributed by atoms with Crippen molar-refractivity contribution in [1.82, 2.24) is 9.29 Å². The Kier molecular flexibility index (Phi) is 6.46. The fourth-order valence-corrected chi connectivity index (χ4v) is 5.92. The summed E-state index contributed by atoms with van der Waals surface area (Å²) in [7, 11) is -3.59. The Morgan fingerprint density at radius 2 is 1.73 bits per heavy atom. The summed E-state index contributed by atoms with van der Waals surface area (Å²) in [6, 6.07) is 18.3. The highest BCUT2D eigenvalue weighted by atomic mass is 32.2. The number of thiazole rings is 1. The Morgan fingerprint density at radius 3 is 2.39 bits per heavy atom. The molecule has 170 valence electrons. The zero-order valence-electron chi connectivity index (χ0n) is 18.1. The van der Waals surface area contributed by atoms with Crippen LogP contribution in [0, 0.1) is 0 Å². The van der Waals surface area contributed by atoms with Crippen LogP contribution in [0.1, 0.15) is 24.2 Å². The number of nitrogens with zero attached hydrogens (tertiary/aromatic N) is 2. The number of phenols is 1. The predicted octanol–water partition coefficient (Wildman–Crippen LogP) is 4.95. The lowest BCUT2D eigenvalue weighted by Gasteiger charge is -2.18. The molecule has 0 unspecified atom stereocenters. The summed E-state index contributed by atoms with van der Waals surface area (Å²) in [5, 5.41) is 13.8. The molecule has 0 saturated carbocycles. The van der Waals surface area contributed by atoms with Crippen LogP contribution in [-0.4, -0.2) is 41.8 Å². The van der Waals surface area contributed by atoms with Crippen LogP contribution in [0.15, 0.2) is 71.6 Å². The van der Waals surface area contributed by atoms with Gasteiger partial charge in [0.15, 0.2) is 0 Å². The molecule has 1 amide bonds. The maximum absolute atomic E-state index is 12.7. The maximum Gasteiger partial charge on any atom is 0.255 e. The van der Waals surface area contributed by atoms with Gasteiger partial charge in [-0.1, -0.05) is 26.0 Å². The fraction of sp³-hybridized carbons (Fsp3) is 0.167. The number of para-hydroxylation sites is 1. The van der Waals surface area contributed by atoms with Crippen LogP contribution in [0.2, 0.25) is 0 Å². The van der Waals surface area contributed by atoms with Crippen molar-refractivity contribution in [3.8, 4) is 16.3 Å². The average molecular weight is 482 g/mol. The molecule has 0 saturated heterocycles. The number of phenolic OH excluding ortho intramolecular Hbond substituents is 1. The van der Waals surface area contributed by atoms with Crippen molar-refractivity contribution in [2.45, 2.75) is 18.7 Å². The van der Waals surface area contributed by atoms with E-state index in [0.717, 1.165) is 10.2 Å². The van der Waals surface area contributed by atoms with E-state index in [9.17, 15) is 18.3 Å². The molecule has 3 aromatic carbocycles. The zero-order chi connectivity index (χ0) is 23.6. The minimum absolute atomic E-state index is 0.0676. The molecule has 4 aromatic rings. The van der Waals surface area contributed by atoms with E-state index in [1.165, 1.54) is 46.0 Å². The normalized spacial score (nSPS) is 11.7. The molecule has 0 fully saturated rings. The number of fused-ring (bicyclic) bond motifs is 1. The van der Waals surface area contributed by atoms with Gasteiger partial charge in [-0.15, -0.1) is 11.3 Å². The minimum atomic E-state index is -3.59. The third-order valence-electron chi connectivity index (χ3n) is 5.24. The molecule has 1 aromatic heterocycles. The van der Waals surface area contributed by atoms with Gasteiger partial charge in [0.05, 0.1) is 20.7 Å². The number of hydrogen-bond acceptors (Lipinski definition) is 6. The molecule has 0 aliphatic carbocycles. The van der Waals surface area contributed by atoms with Crippen LogP contribution < -0.4 is 5.32 Å². The van der Waals surface area contributed by atoms with Crippen molar-refractivity contribution in [1.29, 1.82) is 0 Å². The number of aromatic nitrogens is 1. The maximum atomic E-state index is 12.7. The number of rotatable bonds is 7. The van der Waals surface area contributed by atoms with E-state index in [1.807, 2.05) is 24.3 Å². The summed E-state index contributed by atoms with van der Waals surface area (Å²) in [4.78, 5) is 17.5. The monoisotopic (exact) mass is 481 g/mol. The first-order valence-electron chi connectivity index (χ1n) is 10.4. The standard InChI is InChI=1S/C24H23N3O4S2/c1-3-27(4-2)33(30,31)18-12-9-16(10-13-18)23(29)25-17-11-14-21(28)19(15-17)24-26-20-7-5-6-8-22(20)32-24/h5-15,28H,3-4H2,1-2H3,(H,25,29). The molecule has 1 heterocycles. The van der Waals surface area contributed by atoms with Crippen molar-refractivity contribution in [3.05, 3.63) is 72.3 Å². The SMILES string of the molecule is CCN(CC)S(=O)(=O)c1ccc(C(=O)Nc2ccc(O)c(-c3nc4ccccc4s3)c2)cc1. The number of carbonyl (C=O) groups is 1. The molecule has 0 bridgehead atoms. The molecule has 2 N–H and O–H groups in total. The number of sulfonamides is 1. The van der Waals surface area contributed by atoms with Gasteiger partial charge < -0.3 is 10.4 Å². The Hall–Kier alpha value is -3.27. The Balaban J connectivity index is 1.56. The highest BCUT2D eigenvalue weighted by Crippen LogP contribution is 2.36. The summed E-state index contributed by atoms with van der Waals surface area (Å²) < 4.78 is 27.6. The summed E-state index contributed by atoms with van der Waals surface area (Å²) in [6.45, 7) is 4.31. The van der Waals surface area contributed by atoms with Crippen LogP contribution in [0.5, 0.6) is 5.75 Å². The lowest BCUT2D eigenvalue weighted by Crippen LogP contribution is -2.30. The molecule has 9 heteroatoms. The van der Waals surface area contributed by atoms with Crippen LogP contribution in [0.25, 0.3) is 20.8 Å². The lowest BCUT2D eigenvalue weighted by molar-refractivity contribution is 0.102. The van der Waals surface area contributed by atoms with Gasteiger partial charge >= 0.3 is 0 Å². The molecule has 33 heavy (non-hydrogen) atoms. The first-order chi connectivity index (χ1) is 15.8. The van der Waals surface area contributed by atoms with Gasteiger partial charge in [0, 0.05) is 24.3 Å². The van der Waals surface area contributed by atoms with Gasteiger partial charge in [-0.2, -0.15) is 4.31 Å². The Morgan fingerprint density at radius 1 is 1.03 bits per heavy atom. The number of anilines is 1. The van der Waals surface area contributed by atoms with Gasteiger partial charge in [-0.3, -0.25) is 4.79 Å². The molecular formula is C24H23N3O4S2. The van der Waals surface area contributed by atoms with E-state index >= 15 is 0 Å². The summed E-state index contributed by atoms with van der Waals surface area (Å²) in [5.74, 6) is -0.319. The Labute approximate surface area is 196 Å². The highest BCUT2D eigenvalue weighted by Gasteiger charge is 2.22. The van der Waals surface area contributed by atoms with Gasteiger partial charge in [-0.05, 0) is 54.6 Å². The van der Waals surface area contributed by atoms with Crippen molar-refractivity contribution < 1.29 is 18.3 Å². The second-order valence-electron chi connectivity index (χ2n) is 7.29. The van der Waals surface area contributed by atoms with E-state index < -0.39 is 10.0 Å². The predicted molar refractivity (Wildman–Crippen MR) is 131 cm³/mol. The number of nitrogens with one attached hydrogen (secondary N) is 1. The third kappa shape index (κ3) is 4.61.